The molecule has 1 aliphatic carbocycles. The Bertz CT molecular complexity index is 1910. The number of alkyl halides is 6. The van der Waals surface area contributed by atoms with Gasteiger partial charge in [0.1, 0.15) is 6.54 Å². The highest BCUT2D eigenvalue weighted by atomic mass is 19.4. The number of unbranched alkanes of at least 4 members (excludes halogenated alkanes) is 2. The molecule has 0 atom stereocenters. The fraction of sp³-hybridized carbons (Fsp3) is 0.389. The molecule has 0 radical (unpaired) electrons. The summed E-state index contributed by atoms with van der Waals surface area (Å²) in [6, 6.07) is 10.9. The Kier molecular flexibility index (Phi) is 8.62. The van der Waals surface area contributed by atoms with Crippen LogP contribution in [0.1, 0.15) is 75.6 Å². The third kappa shape index (κ3) is 5.78. The van der Waals surface area contributed by atoms with Crippen LogP contribution in [0, 0.1) is 22.7 Å². The number of allylic oxidation sites excluding steroid dienone is 5. The van der Waals surface area contributed by atoms with E-state index >= 15 is 0 Å². The number of ketones is 1. The second-order valence-electron chi connectivity index (χ2n) is 13.1. The Labute approximate surface area is 274 Å². The third-order valence-corrected chi connectivity index (χ3v) is 9.32. The maximum Gasteiger partial charge on any atom is 0.416 e. The van der Waals surface area contributed by atoms with Crippen molar-refractivity contribution in [1.82, 2.24) is 0 Å². The molecule has 2 aromatic rings. The molecule has 0 amide bonds. The van der Waals surface area contributed by atoms with Crippen molar-refractivity contribution in [3.8, 4) is 12.1 Å². The number of nitrogens with zero attached hydrogens (tertiary/aromatic N) is 4. The van der Waals surface area contributed by atoms with Crippen LogP contribution >= 0.6 is 0 Å². The minimum Gasteiger partial charge on any atom is -0.871 e. The molecule has 0 aromatic heterocycles. The summed E-state index contributed by atoms with van der Waals surface area (Å²) in [4.78, 5) is 15.4. The maximum atomic E-state index is 13.6. The van der Waals surface area contributed by atoms with Gasteiger partial charge in [0.05, 0.1) is 28.7 Å². The molecular formula is C36H32F6N4O2. The van der Waals surface area contributed by atoms with Crippen molar-refractivity contribution in [1.29, 1.82) is 10.5 Å². The number of carbonyl (C=O) groups is 1. The first-order valence-electron chi connectivity index (χ1n) is 15.4. The molecule has 0 fully saturated rings. The van der Waals surface area contributed by atoms with Crippen LogP contribution in [0.5, 0.6) is 0 Å². The zero-order valence-electron chi connectivity index (χ0n) is 26.7. The predicted octanol–water partition coefficient (Wildman–Crippen LogP) is 7.51. The lowest BCUT2D eigenvalue weighted by atomic mass is 9.77. The van der Waals surface area contributed by atoms with Crippen LogP contribution in [-0.4, -0.2) is 29.2 Å². The van der Waals surface area contributed by atoms with Crippen LogP contribution in [0.15, 0.2) is 71.2 Å². The summed E-state index contributed by atoms with van der Waals surface area (Å²) in [6.45, 7) is 7.35. The highest BCUT2D eigenvalue weighted by Gasteiger charge is 2.48. The van der Waals surface area contributed by atoms with E-state index in [-0.39, 0.29) is 37.1 Å². The first kappa shape index (κ1) is 34.5. The second kappa shape index (κ2) is 12.0. The van der Waals surface area contributed by atoms with Crippen molar-refractivity contribution in [2.45, 2.75) is 76.6 Å². The minimum atomic E-state index is -4.58. The molecule has 0 saturated carbocycles. The van der Waals surface area contributed by atoms with Crippen LogP contribution in [0.3, 0.4) is 0 Å². The molecule has 2 aliphatic heterocycles. The fourth-order valence-electron chi connectivity index (χ4n) is 6.71. The van der Waals surface area contributed by atoms with Crippen LogP contribution < -0.4 is 10.0 Å². The lowest BCUT2D eigenvalue weighted by molar-refractivity contribution is -0.438. The number of rotatable bonds is 8. The molecule has 12 heteroatoms. The van der Waals surface area contributed by atoms with Crippen molar-refractivity contribution >= 4 is 22.9 Å². The van der Waals surface area contributed by atoms with Crippen molar-refractivity contribution in [3.05, 3.63) is 93.4 Å². The van der Waals surface area contributed by atoms with Gasteiger partial charge in [-0.3, -0.25) is 4.79 Å². The molecule has 0 saturated heterocycles. The van der Waals surface area contributed by atoms with E-state index in [1.54, 1.807) is 37.2 Å². The van der Waals surface area contributed by atoms with Gasteiger partial charge in [-0.2, -0.15) is 41.4 Å². The van der Waals surface area contributed by atoms with Crippen molar-refractivity contribution in [2.75, 3.05) is 18.0 Å². The van der Waals surface area contributed by atoms with E-state index in [4.69, 9.17) is 10.5 Å². The molecule has 2 heterocycles. The topological polar surface area (TPSA) is 94.0 Å². The van der Waals surface area contributed by atoms with Gasteiger partial charge >= 0.3 is 12.4 Å². The van der Waals surface area contributed by atoms with Crippen molar-refractivity contribution in [2.24, 2.45) is 0 Å². The van der Waals surface area contributed by atoms with E-state index in [1.807, 2.05) is 12.1 Å². The van der Waals surface area contributed by atoms with Gasteiger partial charge in [-0.05, 0) is 62.2 Å². The molecule has 5 rings (SSSR count). The zero-order chi connectivity index (χ0) is 35.4. The molecule has 48 heavy (non-hydrogen) atoms. The lowest BCUT2D eigenvalue weighted by Crippen LogP contribution is -2.35. The molecule has 250 valence electrons. The lowest BCUT2D eigenvalue weighted by Gasteiger charge is -2.33. The van der Waals surface area contributed by atoms with Crippen LogP contribution in [0.25, 0.3) is 0 Å². The fourth-order valence-corrected chi connectivity index (χ4v) is 6.71. The second-order valence-corrected chi connectivity index (χ2v) is 13.1. The van der Waals surface area contributed by atoms with Gasteiger partial charge in [0.2, 0.25) is 5.69 Å². The smallest absolute Gasteiger partial charge is 0.416 e. The molecule has 6 nitrogen and oxygen atoms in total. The van der Waals surface area contributed by atoms with E-state index in [1.165, 1.54) is 24.3 Å². The quantitative estimate of drug-likeness (QED) is 0.126. The average Bonchev–Trinajstić information content (AvgIpc) is 3.35. The van der Waals surface area contributed by atoms with E-state index in [2.05, 4.69) is 0 Å². The largest absolute Gasteiger partial charge is 0.871 e. The van der Waals surface area contributed by atoms with Gasteiger partial charge < -0.3 is 10.0 Å². The number of carbonyl (C=O) groups excluding carboxylic acids is 1. The van der Waals surface area contributed by atoms with Gasteiger partial charge in [-0.25, -0.2) is 0 Å². The summed E-state index contributed by atoms with van der Waals surface area (Å²) in [6.07, 6.45) is -5.21. The molecular weight excluding hydrogens is 634 g/mol. The van der Waals surface area contributed by atoms with Crippen molar-refractivity contribution in [3.63, 3.8) is 0 Å². The number of benzene rings is 2. The Hall–Kier alpha value is -4.84. The first-order chi connectivity index (χ1) is 22.3. The number of hydrogen-bond donors (Lipinski definition) is 0. The monoisotopic (exact) mass is 666 g/mol. The molecule has 3 aliphatic rings. The number of fused-ring (bicyclic) bond motifs is 2. The molecule has 0 unspecified atom stereocenters. The molecule has 0 bridgehead atoms. The van der Waals surface area contributed by atoms with Gasteiger partial charge in [-0.15, -0.1) is 0 Å². The van der Waals surface area contributed by atoms with Crippen LogP contribution in [0.4, 0.5) is 37.7 Å². The molecule has 2 aromatic carbocycles. The standard InChI is InChI=1S/C36H32F6N4O2/c1-33(2)25-17-21(35(37,38)39)9-11-27(25)45(15-7-5-13-43)29(33)19-23-31(47)24(32(23)48)20-30-34(3,4)26-18-22(36(40,41)42)10-12-28(26)46(30)16-8-6-14-44/h9-12,17-20H,5-8,15-16H2,1-4H3. The summed E-state index contributed by atoms with van der Waals surface area (Å²) < 4.78 is 83.5. The van der Waals surface area contributed by atoms with E-state index in [0.29, 0.717) is 46.8 Å². The number of Topliss-reactive ketones (excluding diaryl/α,β-unsaturated/α-hetero) is 1. The highest BCUT2D eigenvalue weighted by Crippen LogP contribution is 2.51. The summed E-state index contributed by atoms with van der Waals surface area (Å²) in [5.41, 5.74) is -1.49. The Morgan fingerprint density at radius 2 is 1.44 bits per heavy atom. The van der Waals surface area contributed by atoms with Crippen molar-refractivity contribution < 1.29 is 40.8 Å². The van der Waals surface area contributed by atoms with E-state index < -0.39 is 45.9 Å². The number of anilines is 1. The maximum absolute atomic E-state index is 13.6. The van der Waals surface area contributed by atoms with Gasteiger partial charge in [-0.1, -0.05) is 19.6 Å². The average molecular weight is 667 g/mol. The number of hydrogen-bond acceptors (Lipinski definition) is 5. The van der Waals surface area contributed by atoms with Gasteiger partial charge in [0.15, 0.2) is 11.5 Å². The third-order valence-electron chi connectivity index (χ3n) is 9.32. The SMILES string of the molecule is CC1(C)C(/C=C2/C(=O)C(/C=C3\N(CCCC#N)c4ccc(C(F)(F)F)cc4C3(C)C)=C2[O-])=[N+](CCCC#N)c2ccc(C(F)(F)F)cc21. The predicted molar refractivity (Wildman–Crippen MR) is 164 cm³/mol. The van der Waals surface area contributed by atoms with E-state index in [9.17, 15) is 36.2 Å². The molecule has 0 N–H and O–H groups in total. The number of halogens is 6. The Morgan fingerprint density at radius 3 is 2.02 bits per heavy atom. The Morgan fingerprint density at radius 1 is 0.854 bits per heavy atom. The normalized spacial score (nSPS) is 19.8. The van der Waals surface area contributed by atoms with Gasteiger partial charge in [0.25, 0.3) is 0 Å². The minimum absolute atomic E-state index is 0.164. The highest BCUT2D eigenvalue weighted by molar-refractivity contribution is 6.24. The van der Waals surface area contributed by atoms with Crippen LogP contribution in [-0.2, 0) is 28.0 Å². The summed E-state index contributed by atoms with van der Waals surface area (Å²) >= 11 is 0. The summed E-state index contributed by atoms with van der Waals surface area (Å²) in [5.74, 6) is -1.20. The Balaban J connectivity index is 1.59. The van der Waals surface area contributed by atoms with E-state index in [0.717, 1.165) is 24.3 Å². The van der Waals surface area contributed by atoms with Gasteiger partial charge in [0, 0.05) is 71.5 Å². The molecule has 0 spiro atoms. The first-order valence-corrected chi connectivity index (χ1v) is 15.4. The zero-order valence-corrected chi connectivity index (χ0v) is 26.7. The van der Waals surface area contributed by atoms with Crippen LogP contribution in [0.2, 0.25) is 0 Å². The summed E-state index contributed by atoms with van der Waals surface area (Å²) in [5, 5.41) is 31.8. The number of nitriles is 2. The summed E-state index contributed by atoms with van der Waals surface area (Å²) in [7, 11) is 0.